The molecule has 0 radical (unpaired) electrons. The highest BCUT2D eigenvalue weighted by atomic mass is 16.2. The molecule has 0 aliphatic heterocycles. The van der Waals surface area contributed by atoms with Crippen LogP contribution in [0, 0.1) is 5.92 Å². The van der Waals surface area contributed by atoms with E-state index in [1.54, 1.807) is 0 Å². The van der Waals surface area contributed by atoms with E-state index in [0.29, 0.717) is 12.8 Å². The van der Waals surface area contributed by atoms with Gasteiger partial charge in [0.15, 0.2) is 0 Å². The summed E-state index contributed by atoms with van der Waals surface area (Å²) in [5, 5.41) is 4.92. The third-order valence-corrected chi connectivity index (χ3v) is 4.79. The SMILES string of the molecule is NC(=O)[C@@H](NC(=O)Cc1ccc2ccccc2c1)[C@H]1CCCC(=O)C1. The van der Waals surface area contributed by atoms with E-state index in [0.717, 1.165) is 29.2 Å². The largest absolute Gasteiger partial charge is 0.368 e. The molecule has 25 heavy (non-hydrogen) atoms. The molecule has 0 aromatic heterocycles. The predicted molar refractivity (Wildman–Crippen MR) is 95.7 cm³/mol. The number of primary amides is 1. The lowest BCUT2D eigenvalue weighted by molar-refractivity contribution is -0.130. The molecule has 130 valence electrons. The molecule has 3 N–H and O–H groups in total. The summed E-state index contributed by atoms with van der Waals surface area (Å²) in [5.41, 5.74) is 6.34. The second kappa shape index (κ2) is 7.47. The van der Waals surface area contributed by atoms with Gasteiger partial charge in [-0.2, -0.15) is 0 Å². The quantitative estimate of drug-likeness (QED) is 0.875. The molecular formula is C20H22N2O3. The molecule has 1 saturated carbocycles. The number of rotatable bonds is 5. The predicted octanol–water partition coefficient (Wildman–Crippen LogP) is 2.11. The fourth-order valence-electron chi connectivity index (χ4n) is 3.52. The highest BCUT2D eigenvalue weighted by molar-refractivity contribution is 5.90. The Morgan fingerprint density at radius 2 is 1.92 bits per heavy atom. The van der Waals surface area contributed by atoms with Crippen molar-refractivity contribution >= 4 is 28.4 Å². The van der Waals surface area contributed by atoms with Crippen molar-refractivity contribution in [1.82, 2.24) is 5.32 Å². The average molecular weight is 338 g/mol. The second-order valence-electron chi connectivity index (χ2n) is 6.70. The Kier molecular flexibility index (Phi) is 5.12. The van der Waals surface area contributed by atoms with E-state index < -0.39 is 11.9 Å². The number of hydrogen-bond acceptors (Lipinski definition) is 3. The molecule has 0 heterocycles. The molecule has 2 atom stereocenters. The first-order valence-corrected chi connectivity index (χ1v) is 8.61. The Hall–Kier alpha value is -2.69. The molecule has 3 rings (SSSR count). The molecular weight excluding hydrogens is 316 g/mol. The van der Waals surface area contributed by atoms with Crippen LogP contribution in [0.3, 0.4) is 0 Å². The van der Waals surface area contributed by atoms with Crippen LogP contribution in [0.2, 0.25) is 0 Å². The summed E-state index contributed by atoms with van der Waals surface area (Å²) in [7, 11) is 0. The van der Waals surface area contributed by atoms with Crippen molar-refractivity contribution in [3.63, 3.8) is 0 Å². The third-order valence-electron chi connectivity index (χ3n) is 4.79. The number of fused-ring (bicyclic) bond motifs is 1. The summed E-state index contributed by atoms with van der Waals surface area (Å²) in [4.78, 5) is 35.8. The summed E-state index contributed by atoms with van der Waals surface area (Å²) >= 11 is 0. The van der Waals surface area contributed by atoms with Gasteiger partial charge in [0.25, 0.3) is 0 Å². The zero-order chi connectivity index (χ0) is 17.8. The number of nitrogens with two attached hydrogens (primary N) is 1. The van der Waals surface area contributed by atoms with Gasteiger partial charge in [-0.3, -0.25) is 14.4 Å². The van der Waals surface area contributed by atoms with Crippen molar-refractivity contribution in [2.45, 2.75) is 38.1 Å². The number of benzene rings is 2. The van der Waals surface area contributed by atoms with E-state index in [2.05, 4.69) is 5.32 Å². The van der Waals surface area contributed by atoms with Crippen molar-refractivity contribution in [2.75, 3.05) is 0 Å². The van der Waals surface area contributed by atoms with E-state index in [9.17, 15) is 14.4 Å². The molecule has 1 aliphatic carbocycles. The zero-order valence-electron chi connectivity index (χ0n) is 14.0. The van der Waals surface area contributed by atoms with Crippen molar-refractivity contribution in [3.05, 3.63) is 48.0 Å². The molecule has 1 fully saturated rings. The molecule has 0 spiro atoms. The van der Waals surface area contributed by atoms with Gasteiger partial charge < -0.3 is 11.1 Å². The zero-order valence-corrected chi connectivity index (χ0v) is 14.0. The summed E-state index contributed by atoms with van der Waals surface area (Å²) in [5.74, 6) is -0.894. The number of carbonyl (C=O) groups is 3. The van der Waals surface area contributed by atoms with Crippen molar-refractivity contribution in [2.24, 2.45) is 11.7 Å². The van der Waals surface area contributed by atoms with Crippen LogP contribution >= 0.6 is 0 Å². The molecule has 0 bridgehead atoms. The van der Waals surface area contributed by atoms with Gasteiger partial charge in [-0.15, -0.1) is 0 Å². The Labute approximate surface area is 146 Å². The minimum absolute atomic E-state index is 0.131. The van der Waals surface area contributed by atoms with Gasteiger partial charge in [0, 0.05) is 12.8 Å². The lowest BCUT2D eigenvalue weighted by atomic mass is 9.82. The number of nitrogens with one attached hydrogen (secondary N) is 1. The number of Topliss-reactive ketones (excluding diaryl/α,β-unsaturated/α-hetero) is 1. The van der Waals surface area contributed by atoms with Gasteiger partial charge in [0.05, 0.1) is 6.42 Å². The maximum atomic E-state index is 12.4. The summed E-state index contributed by atoms with van der Waals surface area (Å²) < 4.78 is 0. The molecule has 2 amide bonds. The van der Waals surface area contributed by atoms with E-state index in [4.69, 9.17) is 5.73 Å². The van der Waals surface area contributed by atoms with E-state index in [-0.39, 0.29) is 24.0 Å². The maximum Gasteiger partial charge on any atom is 0.240 e. The Balaban J connectivity index is 1.68. The second-order valence-corrected chi connectivity index (χ2v) is 6.70. The summed E-state index contributed by atoms with van der Waals surface area (Å²) in [6.07, 6.45) is 2.51. The molecule has 5 heteroatoms. The molecule has 0 unspecified atom stereocenters. The molecule has 1 aliphatic rings. The number of ketones is 1. The van der Waals surface area contributed by atoms with Crippen LogP contribution in [0.15, 0.2) is 42.5 Å². The molecule has 0 saturated heterocycles. The van der Waals surface area contributed by atoms with E-state index >= 15 is 0 Å². The Bertz CT molecular complexity index is 815. The van der Waals surface area contributed by atoms with Crippen molar-refractivity contribution in [3.8, 4) is 0 Å². The average Bonchev–Trinajstić information content (AvgIpc) is 2.59. The standard InChI is InChI=1S/C20H22N2O3/c21-20(25)19(16-6-3-7-17(23)12-16)22-18(24)11-13-8-9-14-4-1-2-5-15(14)10-13/h1-2,4-5,8-10,16,19H,3,6-7,11-12H2,(H2,21,25)(H,22,24)/t16-,19-/m0/s1. The highest BCUT2D eigenvalue weighted by Gasteiger charge is 2.32. The molecule has 2 aromatic rings. The van der Waals surface area contributed by atoms with Crippen molar-refractivity contribution in [1.29, 1.82) is 0 Å². The smallest absolute Gasteiger partial charge is 0.240 e. The monoisotopic (exact) mass is 338 g/mol. The van der Waals surface area contributed by atoms with Crippen LogP contribution < -0.4 is 11.1 Å². The molecule has 5 nitrogen and oxygen atoms in total. The lowest BCUT2D eigenvalue weighted by Crippen LogP contribution is -2.50. The van der Waals surface area contributed by atoms with Crippen LogP contribution in [0.25, 0.3) is 10.8 Å². The Morgan fingerprint density at radius 3 is 2.64 bits per heavy atom. The summed E-state index contributed by atoms with van der Waals surface area (Å²) in [6, 6.07) is 13.0. The normalized spacial score (nSPS) is 18.7. The Morgan fingerprint density at radius 1 is 1.16 bits per heavy atom. The maximum absolute atomic E-state index is 12.4. The number of amides is 2. The minimum atomic E-state index is -0.780. The number of hydrogen-bond donors (Lipinski definition) is 2. The number of carbonyl (C=O) groups excluding carboxylic acids is 3. The first kappa shape index (κ1) is 17.1. The highest BCUT2D eigenvalue weighted by Crippen LogP contribution is 2.24. The van der Waals surface area contributed by atoms with Crippen LogP contribution in [-0.2, 0) is 20.8 Å². The first-order chi connectivity index (χ1) is 12.0. The lowest BCUT2D eigenvalue weighted by Gasteiger charge is -2.28. The van der Waals surface area contributed by atoms with Crippen LogP contribution in [0.4, 0.5) is 0 Å². The fraction of sp³-hybridized carbons (Fsp3) is 0.350. The van der Waals surface area contributed by atoms with Gasteiger partial charge in [0.2, 0.25) is 11.8 Å². The van der Waals surface area contributed by atoms with Gasteiger partial charge >= 0.3 is 0 Å². The van der Waals surface area contributed by atoms with Gasteiger partial charge in [-0.1, -0.05) is 42.5 Å². The fourth-order valence-corrected chi connectivity index (χ4v) is 3.52. The van der Waals surface area contributed by atoms with Gasteiger partial charge in [-0.25, -0.2) is 0 Å². The minimum Gasteiger partial charge on any atom is -0.368 e. The molecule has 2 aromatic carbocycles. The van der Waals surface area contributed by atoms with Crippen LogP contribution in [-0.4, -0.2) is 23.6 Å². The topological polar surface area (TPSA) is 89.3 Å². The summed E-state index contributed by atoms with van der Waals surface area (Å²) in [6.45, 7) is 0. The van der Waals surface area contributed by atoms with E-state index in [1.165, 1.54) is 0 Å². The first-order valence-electron chi connectivity index (χ1n) is 8.61. The van der Waals surface area contributed by atoms with Gasteiger partial charge in [-0.05, 0) is 35.1 Å². The third kappa shape index (κ3) is 4.24. The van der Waals surface area contributed by atoms with Crippen LogP contribution in [0.1, 0.15) is 31.2 Å². The van der Waals surface area contributed by atoms with Crippen LogP contribution in [0.5, 0.6) is 0 Å². The van der Waals surface area contributed by atoms with Gasteiger partial charge in [0.1, 0.15) is 11.8 Å². The van der Waals surface area contributed by atoms with E-state index in [1.807, 2.05) is 42.5 Å². The van der Waals surface area contributed by atoms with Crippen molar-refractivity contribution < 1.29 is 14.4 Å².